The lowest BCUT2D eigenvalue weighted by Gasteiger charge is -2.12. The zero-order valence-corrected chi connectivity index (χ0v) is 10.1. The van der Waals surface area contributed by atoms with Crippen molar-refractivity contribution in [2.45, 2.75) is 39.3 Å². The molecule has 2 N–H and O–H groups in total. The Balaban J connectivity index is 2.61. The Morgan fingerprint density at radius 1 is 1.71 bits per heavy atom. The second-order valence-corrected chi connectivity index (χ2v) is 3.92. The molecule has 4 nitrogen and oxygen atoms in total. The highest BCUT2D eigenvalue weighted by Gasteiger charge is 2.14. The highest BCUT2D eigenvalue weighted by molar-refractivity contribution is 5.86. The summed E-state index contributed by atoms with van der Waals surface area (Å²) in [7, 11) is 0. The largest absolute Gasteiger partial charge is 0.475 e. The summed E-state index contributed by atoms with van der Waals surface area (Å²) < 4.78 is 5.24. The monoisotopic (exact) mass is 235 g/mol. The molecule has 17 heavy (non-hydrogen) atoms. The highest BCUT2D eigenvalue weighted by atomic mass is 16.4. The number of rotatable bonds is 6. The van der Waals surface area contributed by atoms with E-state index in [9.17, 15) is 4.79 Å². The Labute approximate surface area is 101 Å². The van der Waals surface area contributed by atoms with Crippen molar-refractivity contribution < 1.29 is 14.3 Å². The topological polar surface area (TPSA) is 62.5 Å². The van der Waals surface area contributed by atoms with Crippen molar-refractivity contribution in [3.8, 4) is 12.3 Å². The van der Waals surface area contributed by atoms with Crippen LogP contribution in [0.15, 0.2) is 10.5 Å². The number of terminal acetylenes is 1. The number of carboxylic acid groups (broad SMARTS) is 1. The standard InChI is InChI=1S/C13H17NO3/c1-4-6-10(5-2)14-8-11-7-9(3)12(17-11)13(15)16/h1,7,10,14H,5-6,8H2,2-3H3,(H,15,16). The molecule has 0 amide bonds. The molecule has 0 saturated carbocycles. The molecule has 92 valence electrons. The number of furan rings is 1. The van der Waals surface area contributed by atoms with Crippen LogP contribution in [0.4, 0.5) is 0 Å². The first-order valence-corrected chi connectivity index (χ1v) is 5.57. The van der Waals surface area contributed by atoms with Crippen molar-refractivity contribution >= 4 is 5.97 Å². The lowest BCUT2D eigenvalue weighted by molar-refractivity contribution is 0.0659. The van der Waals surface area contributed by atoms with Crippen LogP contribution in [0.5, 0.6) is 0 Å². The van der Waals surface area contributed by atoms with Crippen molar-refractivity contribution in [2.75, 3.05) is 0 Å². The molecule has 0 bridgehead atoms. The molecule has 1 rings (SSSR count). The van der Waals surface area contributed by atoms with Gasteiger partial charge in [-0.25, -0.2) is 4.79 Å². The minimum Gasteiger partial charge on any atom is -0.475 e. The highest BCUT2D eigenvalue weighted by Crippen LogP contribution is 2.14. The lowest BCUT2D eigenvalue weighted by Crippen LogP contribution is -2.27. The van der Waals surface area contributed by atoms with Crippen molar-refractivity contribution in [3.63, 3.8) is 0 Å². The second-order valence-electron chi connectivity index (χ2n) is 3.92. The first-order valence-electron chi connectivity index (χ1n) is 5.57. The molecule has 0 aliphatic rings. The van der Waals surface area contributed by atoms with Gasteiger partial charge < -0.3 is 14.8 Å². The number of carboxylic acids is 1. The number of aryl methyl sites for hydroxylation is 1. The maximum absolute atomic E-state index is 10.8. The first-order chi connectivity index (χ1) is 8.08. The molecule has 1 atom stereocenters. The van der Waals surface area contributed by atoms with Crippen LogP contribution in [0.2, 0.25) is 0 Å². The van der Waals surface area contributed by atoms with Gasteiger partial charge in [0.25, 0.3) is 0 Å². The molecule has 4 heteroatoms. The first kappa shape index (κ1) is 13.3. The molecular formula is C13H17NO3. The fourth-order valence-electron chi connectivity index (χ4n) is 1.60. The summed E-state index contributed by atoms with van der Waals surface area (Å²) in [5.41, 5.74) is 0.638. The molecule has 0 aliphatic heterocycles. The van der Waals surface area contributed by atoms with Crippen LogP contribution in [0.1, 0.15) is 41.6 Å². The molecule has 0 aromatic carbocycles. The molecule has 0 spiro atoms. The summed E-state index contributed by atoms with van der Waals surface area (Å²) in [5, 5.41) is 12.1. The summed E-state index contributed by atoms with van der Waals surface area (Å²) in [6.45, 7) is 4.26. The van der Waals surface area contributed by atoms with E-state index in [0.29, 0.717) is 24.3 Å². The molecular weight excluding hydrogens is 218 g/mol. The quantitative estimate of drug-likeness (QED) is 0.742. The third-order valence-electron chi connectivity index (χ3n) is 2.59. The third-order valence-corrected chi connectivity index (χ3v) is 2.59. The van der Waals surface area contributed by atoms with Crippen LogP contribution in [-0.4, -0.2) is 17.1 Å². The number of carbonyl (C=O) groups is 1. The minimum absolute atomic E-state index is 0.00629. The zero-order valence-electron chi connectivity index (χ0n) is 10.1. The summed E-state index contributed by atoms with van der Waals surface area (Å²) in [5.74, 6) is 2.19. The summed E-state index contributed by atoms with van der Waals surface area (Å²) in [6.07, 6.45) is 6.83. The molecule has 1 aromatic rings. The van der Waals surface area contributed by atoms with Gasteiger partial charge in [0.15, 0.2) is 0 Å². The SMILES string of the molecule is C#CCC(CC)NCc1cc(C)c(C(=O)O)o1. The van der Waals surface area contributed by atoms with Crippen LogP contribution in [0.3, 0.4) is 0 Å². The van der Waals surface area contributed by atoms with E-state index in [-0.39, 0.29) is 11.8 Å². The van der Waals surface area contributed by atoms with Crippen LogP contribution < -0.4 is 5.32 Å². The number of aromatic carboxylic acids is 1. The van der Waals surface area contributed by atoms with Crippen molar-refractivity contribution in [1.82, 2.24) is 5.32 Å². The Kier molecular flexibility index (Phi) is 4.80. The fourth-order valence-corrected chi connectivity index (χ4v) is 1.60. The smallest absolute Gasteiger partial charge is 0.372 e. The van der Waals surface area contributed by atoms with Crippen LogP contribution >= 0.6 is 0 Å². The normalized spacial score (nSPS) is 12.1. The number of hydrogen-bond acceptors (Lipinski definition) is 3. The predicted octanol–water partition coefficient (Wildman–Crippen LogP) is 2.18. The van der Waals surface area contributed by atoms with Crippen LogP contribution in [0, 0.1) is 19.3 Å². The Hall–Kier alpha value is -1.73. The van der Waals surface area contributed by atoms with Crippen molar-refractivity contribution in [2.24, 2.45) is 0 Å². The zero-order chi connectivity index (χ0) is 12.8. The van der Waals surface area contributed by atoms with Gasteiger partial charge in [0.1, 0.15) is 5.76 Å². The molecule has 0 fully saturated rings. The number of hydrogen-bond donors (Lipinski definition) is 2. The van der Waals surface area contributed by atoms with Gasteiger partial charge >= 0.3 is 5.97 Å². The second kappa shape index (κ2) is 6.12. The molecule has 0 saturated heterocycles. The van der Waals surface area contributed by atoms with Gasteiger partial charge in [0, 0.05) is 18.0 Å². The van der Waals surface area contributed by atoms with Gasteiger partial charge in [0.2, 0.25) is 5.76 Å². The molecule has 1 heterocycles. The molecule has 1 aromatic heterocycles. The fraction of sp³-hybridized carbons (Fsp3) is 0.462. The van der Waals surface area contributed by atoms with E-state index < -0.39 is 5.97 Å². The maximum Gasteiger partial charge on any atom is 0.372 e. The van der Waals surface area contributed by atoms with E-state index in [0.717, 1.165) is 6.42 Å². The van der Waals surface area contributed by atoms with Crippen LogP contribution in [0.25, 0.3) is 0 Å². The summed E-state index contributed by atoms with van der Waals surface area (Å²) in [6, 6.07) is 1.97. The van der Waals surface area contributed by atoms with E-state index in [4.69, 9.17) is 15.9 Å². The number of nitrogens with one attached hydrogen (secondary N) is 1. The maximum atomic E-state index is 10.8. The van der Waals surface area contributed by atoms with Crippen LogP contribution in [-0.2, 0) is 6.54 Å². The Morgan fingerprint density at radius 3 is 2.88 bits per heavy atom. The van der Waals surface area contributed by atoms with E-state index in [1.807, 2.05) is 6.92 Å². The van der Waals surface area contributed by atoms with Gasteiger partial charge in [-0.15, -0.1) is 12.3 Å². The van der Waals surface area contributed by atoms with Crippen molar-refractivity contribution in [3.05, 3.63) is 23.2 Å². The van der Waals surface area contributed by atoms with Crippen molar-refractivity contribution in [1.29, 1.82) is 0 Å². The van der Waals surface area contributed by atoms with E-state index >= 15 is 0 Å². The summed E-state index contributed by atoms with van der Waals surface area (Å²) >= 11 is 0. The molecule has 0 aliphatic carbocycles. The Morgan fingerprint density at radius 2 is 2.41 bits per heavy atom. The minimum atomic E-state index is -1.04. The summed E-state index contributed by atoms with van der Waals surface area (Å²) in [4.78, 5) is 10.8. The predicted molar refractivity (Wildman–Crippen MR) is 64.8 cm³/mol. The van der Waals surface area contributed by atoms with E-state index in [1.54, 1.807) is 13.0 Å². The molecule has 1 unspecified atom stereocenters. The van der Waals surface area contributed by atoms with Gasteiger partial charge in [-0.1, -0.05) is 6.92 Å². The lowest BCUT2D eigenvalue weighted by atomic mass is 10.1. The van der Waals surface area contributed by atoms with E-state index in [1.165, 1.54) is 0 Å². The average Bonchev–Trinajstić information content (AvgIpc) is 2.66. The third kappa shape index (κ3) is 3.65. The van der Waals surface area contributed by atoms with Gasteiger partial charge in [-0.05, 0) is 19.4 Å². The Bertz CT molecular complexity index is 428. The van der Waals surface area contributed by atoms with Gasteiger partial charge in [0.05, 0.1) is 6.54 Å². The van der Waals surface area contributed by atoms with E-state index in [2.05, 4.69) is 11.2 Å². The van der Waals surface area contributed by atoms with Gasteiger partial charge in [-0.3, -0.25) is 0 Å². The average molecular weight is 235 g/mol. The molecule has 0 radical (unpaired) electrons. The van der Waals surface area contributed by atoms with Gasteiger partial charge in [-0.2, -0.15) is 0 Å².